The van der Waals surface area contributed by atoms with Crippen LogP contribution in [-0.2, 0) is 4.79 Å². The fourth-order valence-electron chi connectivity index (χ4n) is 3.99. The van der Waals surface area contributed by atoms with Gasteiger partial charge in [0.15, 0.2) is 5.76 Å². The fourth-order valence-corrected chi connectivity index (χ4v) is 3.99. The molecule has 4 rings (SSSR count). The van der Waals surface area contributed by atoms with E-state index in [1.165, 1.54) is 31.9 Å². The number of benzene rings is 1. The van der Waals surface area contributed by atoms with E-state index >= 15 is 0 Å². The molecule has 2 heterocycles. The van der Waals surface area contributed by atoms with Gasteiger partial charge in [-0.2, -0.15) is 0 Å². The van der Waals surface area contributed by atoms with Crippen molar-refractivity contribution in [1.29, 1.82) is 0 Å². The van der Waals surface area contributed by atoms with E-state index in [1.807, 2.05) is 0 Å². The third-order valence-corrected chi connectivity index (χ3v) is 5.33. The average molecular weight is 353 g/mol. The Morgan fingerprint density at radius 2 is 1.73 bits per heavy atom. The number of anilines is 2. The zero-order chi connectivity index (χ0) is 17.9. The van der Waals surface area contributed by atoms with Gasteiger partial charge in [-0.05, 0) is 61.6 Å². The maximum atomic E-state index is 12.5. The second-order valence-corrected chi connectivity index (χ2v) is 7.10. The Bertz CT molecular complexity index is 756. The molecule has 6 heteroatoms. The van der Waals surface area contributed by atoms with Crippen LogP contribution in [0.5, 0.6) is 0 Å². The molecule has 2 aromatic rings. The largest absolute Gasteiger partial charge is 0.459 e. The second kappa shape index (κ2) is 7.33. The Hall–Kier alpha value is -2.60. The van der Waals surface area contributed by atoms with E-state index in [0.29, 0.717) is 17.6 Å². The maximum Gasteiger partial charge on any atom is 0.291 e. The van der Waals surface area contributed by atoms with Crippen LogP contribution in [-0.4, -0.2) is 23.9 Å². The lowest BCUT2D eigenvalue weighted by Crippen LogP contribution is -2.39. The second-order valence-electron chi connectivity index (χ2n) is 7.10. The Labute approximate surface area is 152 Å². The van der Waals surface area contributed by atoms with Crippen molar-refractivity contribution in [2.24, 2.45) is 5.92 Å². The minimum atomic E-state index is -0.301. The Morgan fingerprint density at radius 1 is 1.00 bits per heavy atom. The molecule has 0 radical (unpaired) electrons. The Kier molecular flexibility index (Phi) is 4.75. The molecule has 6 nitrogen and oxygen atoms in total. The molecular formula is C20H23N3O3. The van der Waals surface area contributed by atoms with Crippen molar-refractivity contribution in [2.75, 3.05) is 10.6 Å². The summed E-state index contributed by atoms with van der Waals surface area (Å²) in [4.78, 5) is 24.5. The van der Waals surface area contributed by atoms with E-state index in [1.54, 1.807) is 36.4 Å². The van der Waals surface area contributed by atoms with Crippen molar-refractivity contribution >= 4 is 23.2 Å². The highest BCUT2D eigenvalue weighted by Gasteiger charge is 2.38. The highest BCUT2D eigenvalue weighted by atomic mass is 16.3. The van der Waals surface area contributed by atoms with Gasteiger partial charge in [0.25, 0.3) is 5.91 Å². The summed E-state index contributed by atoms with van der Waals surface area (Å²) in [5.74, 6) is 0.617. The Morgan fingerprint density at radius 3 is 2.42 bits per heavy atom. The van der Waals surface area contributed by atoms with Crippen molar-refractivity contribution < 1.29 is 14.0 Å². The number of hydrogen-bond donors (Lipinski definition) is 3. The lowest BCUT2D eigenvalue weighted by atomic mass is 9.85. The molecule has 136 valence electrons. The first kappa shape index (κ1) is 16.8. The molecule has 1 saturated carbocycles. The molecule has 3 atom stereocenters. The molecule has 0 bridgehead atoms. The molecule has 1 aliphatic carbocycles. The van der Waals surface area contributed by atoms with Gasteiger partial charge in [-0.1, -0.05) is 12.8 Å². The third-order valence-electron chi connectivity index (χ3n) is 5.33. The van der Waals surface area contributed by atoms with Crippen molar-refractivity contribution in [3.8, 4) is 0 Å². The zero-order valence-electron chi connectivity index (χ0n) is 14.5. The van der Waals surface area contributed by atoms with Gasteiger partial charge in [0.05, 0.1) is 12.3 Å². The predicted octanol–water partition coefficient (Wildman–Crippen LogP) is 3.39. The molecule has 2 fully saturated rings. The number of hydrogen-bond acceptors (Lipinski definition) is 4. The normalized spacial score (nSPS) is 24.7. The maximum absolute atomic E-state index is 12.5. The number of carbonyl (C=O) groups excluding carboxylic acids is 2. The van der Waals surface area contributed by atoms with Crippen LogP contribution in [0.1, 0.15) is 42.7 Å². The minimum Gasteiger partial charge on any atom is -0.459 e. The highest BCUT2D eigenvalue weighted by Crippen LogP contribution is 2.33. The van der Waals surface area contributed by atoms with Crippen LogP contribution in [0.2, 0.25) is 0 Å². The summed E-state index contributed by atoms with van der Waals surface area (Å²) in [7, 11) is 0. The van der Waals surface area contributed by atoms with Gasteiger partial charge in [-0.3, -0.25) is 9.59 Å². The van der Waals surface area contributed by atoms with Gasteiger partial charge < -0.3 is 20.4 Å². The molecule has 2 aliphatic rings. The summed E-state index contributed by atoms with van der Waals surface area (Å²) in [5, 5.41) is 9.21. The first-order chi connectivity index (χ1) is 12.7. The summed E-state index contributed by atoms with van der Waals surface area (Å²) in [6, 6.07) is 10.8. The van der Waals surface area contributed by atoms with Crippen molar-refractivity contribution in [2.45, 2.75) is 44.2 Å². The number of carbonyl (C=O) groups is 2. The van der Waals surface area contributed by atoms with E-state index < -0.39 is 0 Å². The monoisotopic (exact) mass is 353 g/mol. The van der Waals surface area contributed by atoms with E-state index in [2.05, 4.69) is 16.0 Å². The van der Waals surface area contributed by atoms with Gasteiger partial charge in [-0.15, -0.1) is 0 Å². The lowest BCUT2D eigenvalue weighted by Gasteiger charge is -2.24. The van der Waals surface area contributed by atoms with E-state index in [9.17, 15) is 9.59 Å². The van der Waals surface area contributed by atoms with E-state index in [4.69, 9.17) is 4.42 Å². The molecule has 3 N–H and O–H groups in total. The van der Waals surface area contributed by atoms with Gasteiger partial charge >= 0.3 is 0 Å². The third kappa shape index (κ3) is 3.65. The van der Waals surface area contributed by atoms with E-state index in [0.717, 1.165) is 12.1 Å². The summed E-state index contributed by atoms with van der Waals surface area (Å²) in [6.45, 7) is 0. The zero-order valence-corrected chi connectivity index (χ0v) is 14.5. The van der Waals surface area contributed by atoms with Crippen molar-refractivity contribution in [3.05, 3.63) is 48.4 Å². The fraction of sp³-hybridized carbons (Fsp3) is 0.400. The van der Waals surface area contributed by atoms with Crippen LogP contribution in [0.4, 0.5) is 11.4 Å². The summed E-state index contributed by atoms with van der Waals surface area (Å²) >= 11 is 0. The van der Waals surface area contributed by atoms with Crippen LogP contribution >= 0.6 is 0 Å². The van der Waals surface area contributed by atoms with Gasteiger partial charge in [0.2, 0.25) is 5.91 Å². The van der Waals surface area contributed by atoms with Crippen LogP contribution in [0, 0.1) is 5.92 Å². The van der Waals surface area contributed by atoms with Gasteiger partial charge in [0.1, 0.15) is 0 Å². The number of rotatable bonds is 4. The minimum absolute atomic E-state index is 0.0202. The molecular weight excluding hydrogens is 330 g/mol. The molecule has 26 heavy (non-hydrogen) atoms. The first-order valence-corrected chi connectivity index (χ1v) is 9.21. The standard InChI is InChI=1S/C20H23N3O3/c24-19(17-12-13-4-1-2-5-16(13)23-17)21-14-7-9-15(10-8-14)22-20(25)18-6-3-11-26-18/h3,6-11,13,16-17,23H,1-2,4-5,12H2,(H,21,24)(H,22,25). The molecule has 0 spiro atoms. The van der Waals surface area contributed by atoms with Crippen LogP contribution < -0.4 is 16.0 Å². The smallest absolute Gasteiger partial charge is 0.291 e. The summed E-state index contributed by atoms with van der Waals surface area (Å²) < 4.78 is 5.06. The summed E-state index contributed by atoms with van der Waals surface area (Å²) in [6.07, 6.45) is 7.33. The molecule has 1 aromatic heterocycles. The Balaban J connectivity index is 1.32. The number of nitrogens with one attached hydrogen (secondary N) is 3. The number of amides is 2. The summed E-state index contributed by atoms with van der Waals surface area (Å²) in [5.41, 5.74) is 1.37. The quantitative estimate of drug-likeness (QED) is 0.787. The topological polar surface area (TPSA) is 83.4 Å². The lowest BCUT2D eigenvalue weighted by molar-refractivity contribution is -0.117. The SMILES string of the molecule is O=C(Nc1ccc(NC(=O)C2CC3CCCCC3N2)cc1)c1ccco1. The first-order valence-electron chi connectivity index (χ1n) is 9.21. The number of fused-ring (bicyclic) bond motifs is 1. The molecule has 2 amide bonds. The van der Waals surface area contributed by atoms with Crippen molar-refractivity contribution in [1.82, 2.24) is 5.32 Å². The molecule has 3 unspecified atom stereocenters. The highest BCUT2D eigenvalue weighted by molar-refractivity contribution is 6.02. The van der Waals surface area contributed by atoms with Gasteiger partial charge in [0, 0.05) is 17.4 Å². The average Bonchev–Trinajstić information content (AvgIpc) is 3.33. The molecule has 1 saturated heterocycles. The molecule has 1 aromatic carbocycles. The molecule has 1 aliphatic heterocycles. The van der Waals surface area contributed by atoms with Crippen molar-refractivity contribution in [3.63, 3.8) is 0 Å². The van der Waals surface area contributed by atoms with Crippen LogP contribution in [0.25, 0.3) is 0 Å². The van der Waals surface area contributed by atoms with E-state index in [-0.39, 0.29) is 23.6 Å². The van der Waals surface area contributed by atoms with Crippen LogP contribution in [0.3, 0.4) is 0 Å². The van der Waals surface area contributed by atoms with Gasteiger partial charge in [-0.25, -0.2) is 0 Å². The number of furan rings is 1. The predicted molar refractivity (Wildman–Crippen MR) is 99.0 cm³/mol. The van der Waals surface area contributed by atoms with Crippen LogP contribution in [0.15, 0.2) is 47.1 Å².